The van der Waals surface area contributed by atoms with Gasteiger partial charge in [0.25, 0.3) is 0 Å². The van der Waals surface area contributed by atoms with Gasteiger partial charge >= 0.3 is 12.1 Å². The second-order valence-electron chi connectivity index (χ2n) is 7.72. The maximum absolute atomic E-state index is 12.0. The summed E-state index contributed by atoms with van der Waals surface area (Å²) in [6.07, 6.45) is 8.03. The summed E-state index contributed by atoms with van der Waals surface area (Å²) >= 11 is 2.04. The van der Waals surface area contributed by atoms with Crippen molar-refractivity contribution in [2.75, 3.05) is 17.3 Å². The molecule has 2 aliphatic carbocycles. The Morgan fingerprint density at radius 1 is 0.781 bits per heavy atom. The van der Waals surface area contributed by atoms with Crippen molar-refractivity contribution in [3.8, 4) is 0 Å². The molecular formula is C18H28N8O4S2. The Morgan fingerprint density at radius 3 is 1.53 bits per heavy atom. The summed E-state index contributed by atoms with van der Waals surface area (Å²) in [5.41, 5.74) is 0. The number of imide groups is 2. The minimum Gasteiger partial charge on any atom is -0.335 e. The highest BCUT2D eigenvalue weighted by Crippen LogP contribution is 2.21. The molecule has 176 valence electrons. The molecule has 2 fully saturated rings. The quantitative estimate of drug-likeness (QED) is 0.263. The topological polar surface area (TPSA) is 173 Å². The Labute approximate surface area is 193 Å². The number of aromatic nitrogens is 3. The van der Waals surface area contributed by atoms with Gasteiger partial charge < -0.3 is 16.5 Å². The van der Waals surface area contributed by atoms with E-state index in [0.29, 0.717) is 0 Å². The number of urea groups is 2. The average molecular weight is 485 g/mol. The van der Waals surface area contributed by atoms with Crippen LogP contribution < -0.4 is 27.1 Å². The van der Waals surface area contributed by atoms with Crippen LogP contribution in [0.25, 0.3) is 0 Å². The van der Waals surface area contributed by atoms with Crippen molar-refractivity contribution >= 4 is 47.4 Å². The molecule has 0 unspecified atom stereocenters. The second-order valence-corrected chi connectivity index (χ2v) is 9.60. The maximum atomic E-state index is 12.0. The van der Waals surface area contributed by atoms with E-state index in [2.05, 4.69) is 31.5 Å². The SMILES string of the molecule is Nn1c(SCC(=O)NC(=O)NC2CCCC2)nnc1SCC(=O)NC(=O)NC1CCCC1. The van der Waals surface area contributed by atoms with Gasteiger partial charge in [-0.3, -0.25) is 20.2 Å². The lowest BCUT2D eigenvalue weighted by Gasteiger charge is -2.12. The molecule has 0 saturated heterocycles. The molecule has 0 radical (unpaired) electrons. The zero-order valence-electron chi connectivity index (χ0n) is 17.6. The highest BCUT2D eigenvalue weighted by molar-refractivity contribution is 8.00. The van der Waals surface area contributed by atoms with Crippen molar-refractivity contribution < 1.29 is 19.2 Å². The Kier molecular flexibility index (Phi) is 9.02. The number of hydrogen-bond acceptors (Lipinski definition) is 9. The zero-order valence-corrected chi connectivity index (χ0v) is 19.2. The summed E-state index contributed by atoms with van der Waals surface area (Å²) in [5.74, 6) is 4.83. The summed E-state index contributed by atoms with van der Waals surface area (Å²) in [5, 5.41) is 18.4. The number of nitrogens with one attached hydrogen (secondary N) is 4. The number of nitrogen functional groups attached to an aromatic ring is 1. The molecule has 0 aromatic carbocycles. The normalized spacial score (nSPS) is 16.6. The van der Waals surface area contributed by atoms with Crippen LogP contribution in [0.3, 0.4) is 0 Å². The Hall–Kier alpha value is -2.48. The van der Waals surface area contributed by atoms with E-state index in [4.69, 9.17) is 5.84 Å². The van der Waals surface area contributed by atoms with E-state index >= 15 is 0 Å². The van der Waals surface area contributed by atoms with Crippen LogP contribution in [-0.2, 0) is 9.59 Å². The van der Waals surface area contributed by atoms with E-state index in [9.17, 15) is 19.2 Å². The summed E-state index contributed by atoms with van der Waals surface area (Å²) < 4.78 is 1.16. The van der Waals surface area contributed by atoms with Crippen LogP contribution in [-0.4, -0.2) is 62.3 Å². The smallest absolute Gasteiger partial charge is 0.321 e. The number of thioether (sulfide) groups is 2. The summed E-state index contributed by atoms with van der Waals surface area (Å²) in [4.78, 5) is 47.6. The summed E-state index contributed by atoms with van der Waals surface area (Å²) in [7, 11) is 0. The lowest BCUT2D eigenvalue weighted by Crippen LogP contribution is -2.44. The van der Waals surface area contributed by atoms with Crippen molar-refractivity contribution in [1.29, 1.82) is 0 Å². The molecule has 1 heterocycles. The molecule has 1 aromatic rings. The van der Waals surface area contributed by atoms with Crippen molar-refractivity contribution in [3.05, 3.63) is 0 Å². The number of amides is 6. The molecule has 0 aliphatic heterocycles. The summed E-state index contributed by atoms with van der Waals surface area (Å²) in [6.45, 7) is 0. The summed E-state index contributed by atoms with van der Waals surface area (Å²) in [6, 6.07) is -0.770. The molecule has 0 spiro atoms. The van der Waals surface area contributed by atoms with Crippen molar-refractivity contribution in [2.45, 2.75) is 73.8 Å². The largest absolute Gasteiger partial charge is 0.335 e. The number of carbonyl (C=O) groups excluding carboxylic acids is 4. The van der Waals surface area contributed by atoms with Crippen molar-refractivity contribution in [2.24, 2.45) is 0 Å². The standard InChI is InChI=1S/C18H28N8O4S2/c19-26-17(31-9-13(27)22-15(29)20-11-5-1-2-6-11)24-25-18(26)32-10-14(28)23-16(30)21-12-7-3-4-8-12/h11-12H,1-10,19H2,(H2,20,22,27,29)(H2,21,23,28,30). The molecule has 3 rings (SSSR count). The third-order valence-electron chi connectivity index (χ3n) is 5.18. The fourth-order valence-corrected chi connectivity index (χ4v) is 5.00. The number of rotatable bonds is 8. The van der Waals surface area contributed by atoms with Gasteiger partial charge in [-0.05, 0) is 25.7 Å². The third-order valence-corrected chi connectivity index (χ3v) is 7.07. The van der Waals surface area contributed by atoms with Gasteiger partial charge in [0.15, 0.2) is 0 Å². The first-order valence-electron chi connectivity index (χ1n) is 10.6. The molecule has 2 aliphatic rings. The molecule has 12 nitrogen and oxygen atoms in total. The first-order chi connectivity index (χ1) is 15.4. The maximum Gasteiger partial charge on any atom is 0.321 e. The zero-order chi connectivity index (χ0) is 22.9. The van der Waals surface area contributed by atoms with Gasteiger partial charge in [0, 0.05) is 12.1 Å². The van der Waals surface area contributed by atoms with Crippen molar-refractivity contribution in [3.63, 3.8) is 0 Å². The molecular weight excluding hydrogens is 456 g/mol. The lowest BCUT2D eigenvalue weighted by atomic mass is 10.2. The minimum absolute atomic E-state index is 0.0695. The van der Waals surface area contributed by atoms with Gasteiger partial charge in [-0.2, -0.15) is 0 Å². The van der Waals surface area contributed by atoms with E-state index in [1.807, 2.05) is 0 Å². The lowest BCUT2D eigenvalue weighted by molar-refractivity contribution is -0.118. The van der Waals surface area contributed by atoms with E-state index in [1.54, 1.807) is 0 Å². The minimum atomic E-state index is -0.504. The van der Waals surface area contributed by atoms with E-state index in [0.717, 1.165) is 79.6 Å². The highest BCUT2D eigenvalue weighted by atomic mass is 32.2. The predicted molar refractivity (Wildman–Crippen MR) is 119 cm³/mol. The first kappa shape index (κ1) is 24.2. The number of hydrogen-bond donors (Lipinski definition) is 5. The molecule has 0 bridgehead atoms. The van der Waals surface area contributed by atoms with Gasteiger partial charge in [-0.25, -0.2) is 14.3 Å². The van der Waals surface area contributed by atoms with Gasteiger partial charge in [0.05, 0.1) is 11.5 Å². The molecule has 6 amide bonds. The Balaban J connectivity index is 1.35. The van der Waals surface area contributed by atoms with Gasteiger partial charge in [-0.15, -0.1) is 10.2 Å². The number of carbonyl (C=O) groups is 4. The molecule has 6 N–H and O–H groups in total. The highest BCUT2D eigenvalue weighted by Gasteiger charge is 2.20. The molecule has 32 heavy (non-hydrogen) atoms. The van der Waals surface area contributed by atoms with E-state index in [-0.39, 0.29) is 33.9 Å². The van der Waals surface area contributed by atoms with Crippen LogP contribution in [0, 0.1) is 0 Å². The van der Waals surface area contributed by atoms with Crippen LogP contribution in [0.4, 0.5) is 9.59 Å². The molecule has 14 heteroatoms. The monoisotopic (exact) mass is 484 g/mol. The van der Waals surface area contributed by atoms with Gasteiger partial charge in [-0.1, -0.05) is 49.2 Å². The average Bonchev–Trinajstić information content (AvgIpc) is 3.49. The van der Waals surface area contributed by atoms with Crippen LogP contribution in [0.15, 0.2) is 10.3 Å². The van der Waals surface area contributed by atoms with Crippen molar-refractivity contribution in [1.82, 2.24) is 36.1 Å². The van der Waals surface area contributed by atoms with Crippen LogP contribution in [0.1, 0.15) is 51.4 Å². The van der Waals surface area contributed by atoms with Crippen LogP contribution in [0.2, 0.25) is 0 Å². The number of nitrogens with two attached hydrogens (primary N) is 1. The van der Waals surface area contributed by atoms with Crippen LogP contribution >= 0.6 is 23.5 Å². The molecule has 1 aromatic heterocycles. The first-order valence-corrected chi connectivity index (χ1v) is 12.5. The molecule has 0 atom stereocenters. The Bertz CT molecular complexity index is 771. The number of nitrogens with zero attached hydrogens (tertiary/aromatic N) is 3. The fraction of sp³-hybridized carbons (Fsp3) is 0.667. The van der Waals surface area contributed by atoms with Gasteiger partial charge in [0.2, 0.25) is 22.1 Å². The fourth-order valence-electron chi connectivity index (χ4n) is 3.63. The second kappa shape index (κ2) is 11.9. The molecule has 2 saturated carbocycles. The predicted octanol–water partition coefficient (Wildman–Crippen LogP) is 0.713. The Morgan fingerprint density at radius 2 is 1.16 bits per heavy atom. The van der Waals surface area contributed by atoms with E-state index < -0.39 is 23.9 Å². The van der Waals surface area contributed by atoms with Crippen LogP contribution in [0.5, 0.6) is 0 Å². The van der Waals surface area contributed by atoms with Gasteiger partial charge in [0.1, 0.15) is 0 Å². The van der Waals surface area contributed by atoms with E-state index in [1.165, 1.54) is 0 Å². The third kappa shape index (κ3) is 7.58.